The van der Waals surface area contributed by atoms with Crippen molar-refractivity contribution in [2.24, 2.45) is 0 Å². The van der Waals surface area contributed by atoms with Crippen LogP contribution in [0.3, 0.4) is 0 Å². The zero-order valence-corrected chi connectivity index (χ0v) is 12.1. The number of anilines is 2. The van der Waals surface area contributed by atoms with Crippen molar-refractivity contribution < 1.29 is 9.90 Å². The van der Waals surface area contributed by atoms with Gasteiger partial charge in [0.2, 0.25) is 0 Å². The molecular weight excluding hydrogens is 302 g/mol. The number of aromatic hydroxyl groups is 1. The Kier molecular flexibility index (Phi) is 5.02. The van der Waals surface area contributed by atoms with Crippen LogP contribution in [0.25, 0.3) is 0 Å². The molecule has 0 aromatic heterocycles. The smallest absolute Gasteiger partial charge is 0.267 e. The number of nitriles is 1. The number of nitrogens with zero attached hydrogens (tertiary/aromatic N) is 1. The Labute approximate surface area is 132 Å². The molecule has 0 aliphatic heterocycles. The Morgan fingerprint density at radius 1 is 1.18 bits per heavy atom. The highest BCUT2D eigenvalue weighted by atomic mass is 35.5. The Hall–Kier alpha value is -2.97. The van der Waals surface area contributed by atoms with Gasteiger partial charge in [-0.1, -0.05) is 17.7 Å². The van der Waals surface area contributed by atoms with Crippen LogP contribution in [0.1, 0.15) is 0 Å². The maximum atomic E-state index is 12.0. The lowest BCUT2D eigenvalue weighted by Gasteiger charge is -2.05. The van der Waals surface area contributed by atoms with Gasteiger partial charge in [-0.3, -0.25) is 4.79 Å². The molecular formula is C16H12ClN3O2. The Morgan fingerprint density at radius 3 is 2.55 bits per heavy atom. The summed E-state index contributed by atoms with van der Waals surface area (Å²) < 4.78 is 0. The molecule has 0 bridgehead atoms. The molecule has 5 nitrogen and oxygen atoms in total. The minimum atomic E-state index is -0.544. The summed E-state index contributed by atoms with van der Waals surface area (Å²) in [5.74, 6) is -0.458. The number of benzene rings is 2. The quantitative estimate of drug-likeness (QED) is 0.595. The minimum Gasteiger partial charge on any atom is -0.508 e. The van der Waals surface area contributed by atoms with E-state index in [1.165, 1.54) is 18.3 Å². The molecule has 1 amide bonds. The van der Waals surface area contributed by atoms with Crippen molar-refractivity contribution in [3.8, 4) is 11.8 Å². The highest BCUT2D eigenvalue weighted by molar-refractivity contribution is 6.30. The molecule has 0 atom stereocenters. The Morgan fingerprint density at radius 2 is 1.91 bits per heavy atom. The first kappa shape index (κ1) is 15.4. The number of nitrogens with one attached hydrogen (secondary N) is 2. The van der Waals surface area contributed by atoms with Crippen LogP contribution in [0.4, 0.5) is 11.4 Å². The molecule has 0 saturated carbocycles. The molecule has 0 spiro atoms. The molecule has 0 fully saturated rings. The average Bonchev–Trinajstić information content (AvgIpc) is 2.50. The van der Waals surface area contributed by atoms with Gasteiger partial charge in [-0.25, -0.2) is 0 Å². The summed E-state index contributed by atoms with van der Waals surface area (Å²) in [6.07, 6.45) is 1.28. The van der Waals surface area contributed by atoms with Gasteiger partial charge in [-0.05, 0) is 36.4 Å². The van der Waals surface area contributed by atoms with Gasteiger partial charge in [0.1, 0.15) is 17.4 Å². The predicted molar refractivity (Wildman–Crippen MR) is 85.5 cm³/mol. The number of phenolic OH excluding ortho intramolecular Hbond substituents is 1. The molecule has 22 heavy (non-hydrogen) atoms. The molecule has 3 N–H and O–H groups in total. The lowest BCUT2D eigenvalue weighted by Crippen LogP contribution is -2.14. The van der Waals surface area contributed by atoms with E-state index in [0.29, 0.717) is 16.4 Å². The monoisotopic (exact) mass is 313 g/mol. The second kappa shape index (κ2) is 7.16. The zero-order valence-electron chi connectivity index (χ0n) is 11.4. The molecule has 0 heterocycles. The van der Waals surface area contributed by atoms with Crippen LogP contribution in [0, 0.1) is 11.3 Å². The van der Waals surface area contributed by atoms with Gasteiger partial charge in [0.05, 0.1) is 0 Å². The van der Waals surface area contributed by atoms with Crippen molar-refractivity contribution in [1.29, 1.82) is 5.26 Å². The minimum absolute atomic E-state index is 0.0857. The molecule has 2 aromatic carbocycles. The number of carbonyl (C=O) groups is 1. The summed E-state index contributed by atoms with van der Waals surface area (Å²) in [5.41, 5.74) is 0.998. The SMILES string of the molecule is N#C/C(=C/Nc1cccc(O)c1)C(=O)Nc1ccc(Cl)cc1. The van der Waals surface area contributed by atoms with E-state index in [0.717, 1.165) is 0 Å². The van der Waals surface area contributed by atoms with Crippen molar-refractivity contribution in [2.75, 3.05) is 10.6 Å². The predicted octanol–water partition coefficient (Wildman–Crippen LogP) is 3.50. The fourth-order valence-corrected chi connectivity index (χ4v) is 1.76. The molecule has 6 heteroatoms. The van der Waals surface area contributed by atoms with Crippen molar-refractivity contribution in [2.45, 2.75) is 0 Å². The van der Waals surface area contributed by atoms with Gasteiger partial charge in [-0.2, -0.15) is 5.26 Å². The van der Waals surface area contributed by atoms with Gasteiger partial charge in [0.25, 0.3) is 5.91 Å². The molecule has 0 aliphatic carbocycles. The van der Waals surface area contributed by atoms with E-state index in [9.17, 15) is 9.90 Å². The first-order valence-corrected chi connectivity index (χ1v) is 6.69. The summed E-state index contributed by atoms with van der Waals surface area (Å²) in [5, 5.41) is 24.3. The van der Waals surface area contributed by atoms with E-state index in [2.05, 4.69) is 10.6 Å². The lowest BCUT2D eigenvalue weighted by atomic mass is 10.2. The fourth-order valence-electron chi connectivity index (χ4n) is 1.63. The average molecular weight is 314 g/mol. The Balaban J connectivity index is 2.07. The summed E-state index contributed by atoms with van der Waals surface area (Å²) in [7, 11) is 0. The van der Waals surface area contributed by atoms with Crippen LogP contribution >= 0.6 is 11.6 Å². The molecule has 0 unspecified atom stereocenters. The normalized spacial score (nSPS) is 10.6. The number of hydrogen-bond donors (Lipinski definition) is 3. The molecule has 110 valence electrons. The van der Waals surface area contributed by atoms with Crippen molar-refractivity contribution in [3.05, 3.63) is 65.3 Å². The molecule has 0 radical (unpaired) electrons. The van der Waals surface area contributed by atoms with E-state index < -0.39 is 5.91 Å². The van der Waals surface area contributed by atoms with Crippen molar-refractivity contribution in [3.63, 3.8) is 0 Å². The number of hydrogen-bond acceptors (Lipinski definition) is 4. The standard InChI is InChI=1S/C16H12ClN3O2/c17-12-4-6-13(7-5-12)20-16(22)11(9-18)10-19-14-2-1-3-15(21)8-14/h1-8,10,19,21H,(H,20,22)/b11-10-. The summed E-state index contributed by atoms with van der Waals surface area (Å²) in [6, 6.07) is 14.7. The van der Waals surface area contributed by atoms with Crippen LogP contribution in [0.2, 0.25) is 5.02 Å². The zero-order chi connectivity index (χ0) is 15.9. The molecule has 0 saturated heterocycles. The van der Waals surface area contributed by atoms with E-state index in [4.69, 9.17) is 16.9 Å². The maximum Gasteiger partial charge on any atom is 0.267 e. The van der Waals surface area contributed by atoms with Crippen LogP contribution in [0.15, 0.2) is 60.3 Å². The number of amides is 1. The third-order valence-corrected chi connectivity index (χ3v) is 2.95. The number of rotatable bonds is 4. The number of halogens is 1. The largest absolute Gasteiger partial charge is 0.508 e. The van der Waals surface area contributed by atoms with Gasteiger partial charge < -0.3 is 15.7 Å². The highest BCUT2D eigenvalue weighted by Crippen LogP contribution is 2.16. The van der Waals surface area contributed by atoms with Crippen molar-refractivity contribution >= 4 is 28.9 Å². The van der Waals surface area contributed by atoms with Crippen LogP contribution in [-0.2, 0) is 4.79 Å². The molecule has 2 rings (SSSR count). The summed E-state index contributed by atoms with van der Waals surface area (Å²) in [4.78, 5) is 12.0. The molecule has 0 aliphatic rings. The first-order chi connectivity index (χ1) is 10.6. The fraction of sp³-hybridized carbons (Fsp3) is 0. The van der Waals surface area contributed by atoms with E-state index in [1.54, 1.807) is 36.4 Å². The second-order valence-corrected chi connectivity index (χ2v) is 4.76. The highest BCUT2D eigenvalue weighted by Gasteiger charge is 2.09. The van der Waals surface area contributed by atoms with Crippen molar-refractivity contribution in [1.82, 2.24) is 0 Å². The first-order valence-electron chi connectivity index (χ1n) is 6.31. The van der Waals surface area contributed by atoms with Gasteiger partial charge in [0.15, 0.2) is 0 Å². The maximum absolute atomic E-state index is 12.0. The van der Waals surface area contributed by atoms with Crippen LogP contribution in [-0.4, -0.2) is 11.0 Å². The van der Waals surface area contributed by atoms with E-state index >= 15 is 0 Å². The van der Waals surface area contributed by atoms with Gasteiger partial charge in [0, 0.05) is 28.7 Å². The lowest BCUT2D eigenvalue weighted by molar-refractivity contribution is -0.112. The Bertz CT molecular complexity index is 749. The van der Waals surface area contributed by atoms with E-state index in [-0.39, 0.29) is 11.3 Å². The number of phenols is 1. The third kappa shape index (κ3) is 4.27. The van der Waals surface area contributed by atoms with Gasteiger partial charge in [-0.15, -0.1) is 0 Å². The van der Waals surface area contributed by atoms with Gasteiger partial charge >= 0.3 is 0 Å². The van der Waals surface area contributed by atoms with Crippen LogP contribution < -0.4 is 10.6 Å². The third-order valence-electron chi connectivity index (χ3n) is 2.70. The number of carbonyl (C=O) groups excluding carboxylic acids is 1. The van der Waals surface area contributed by atoms with Crippen LogP contribution in [0.5, 0.6) is 5.75 Å². The second-order valence-electron chi connectivity index (χ2n) is 4.33. The van der Waals surface area contributed by atoms with E-state index in [1.807, 2.05) is 6.07 Å². The summed E-state index contributed by atoms with van der Waals surface area (Å²) in [6.45, 7) is 0. The topological polar surface area (TPSA) is 85.2 Å². The molecule has 2 aromatic rings. The summed E-state index contributed by atoms with van der Waals surface area (Å²) >= 11 is 5.76.